The summed E-state index contributed by atoms with van der Waals surface area (Å²) in [6.07, 6.45) is 0.882. The highest BCUT2D eigenvalue weighted by Crippen LogP contribution is 2.49. The lowest BCUT2D eigenvalue weighted by Gasteiger charge is -2.30. The van der Waals surface area contributed by atoms with Gasteiger partial charge in [-0.1, -0.05) is 158 Å². The fourth-order valence-electron chi connectivity index (χ4n) is 10.7. The van der Waals surface area contributed by atoms with E-state index in [4.69, 9.17) is 0 Å². The lowest BCUT2D eigenvalue weighted by atomic mass is 10.0. The summed E-state index contributed by atoms with van der Waals surface area (Å²) < 4.78 is 2.46. The van der Waals surface area contributed by atoms with Crippen LogP contribution in [0.3, 0.4) is 0 Å². The van der Waals surface area contributed by atoms with Gasteiger partial charge in [-0.3, -0.25) is 0 Å². The Kier molecular flexibility index (Phi) is 10.3. The Morgan fingerprint density at radius 2 is 0.771 bits per heavy atom. The van der Waals surface area contributed by atoms with Crippen molar-refractivity contribution >= 4 is 77.9 Å². The number of anilines is 8. The van der Waals surface area contributed by atoms with Gasteiger partial charge >= 0.3 is 0 Å². The van der Waals surface area contributed by atoms with Crippen LogP contribution in [-0.4, -0.2) is 4.57 Å². The van der Waals surface area contributed by atoms with Gasteiger partial charge in [0.25, 0.3) is 0 Å². The number of hydrogen-bond donors (Lipinski definition) is 0. The standard InChI is InChI=1S/C66H48N4/c1-5-19-49(20-6-1)63-43-53-45-66-54(46-65(53)69(63)59-37-33-57(34-38-59)67(55-25-9-3-10-26-55)61-31-29-47-17-13-15-23-51(47)41-61)44-64(50-21-7-2-8-22-50)70(66)60-39-35-58(36-40-60)68(56-27-11-4-12-28-56)62-32-30-48-18-14-16-24-52(48)42-62/h1-43,45-46,64H,44H2. The second kappa shape index (κ2) is 17.5. The Bertz CT molecular complexity index is 3790. The quantitative estimate of drug-likeness (QED) is 0.136. The number of rotatable bonds is 10. The number of fused-ring (bicyclic) bond motifs is 4. The van der Waals surface area contributed by atoms with Crippen molar-refractivity contribution in [2.24, 2.45) is 0 Å². The van der Waals surface area contributed by atoms with Crippen LogP contribution in [0.15, 0.2) is 273 Å². The van der Waals surface area contributed by atoms with Gasteiger partial charge in [-0.2, -0.15) is 0 Å². The van der Waals surface area contributed by atoms with Crippen LogP contribution >= 0.6 is 0 Å². The van der Waals surface area contributed by atoms with Gasteiger partial charge in [-0.25, -0.2) is 0 Å². The zero-order chi connectivity index (χ0) is 46.4. The van der Waals surface area contributed by atoms with Crippen molar-refractivity contribution in [3.05, 3.63) is 284 Å². The van der Waals surface area contributed by atoms with Gasteiger partial charge in [0.1, 0.15) is 0 Å². The van der Waals surface area contributed by atoms with Crippen LogP contribution < -0.4 is 14.7 Å². The molecule has 0 aliphatic carbocycles. The predicted molar refractivity (Wildman–Crippen MR) is 295 cm³/mol. The molecule has 13 rings (SSSR count). The van der Waals surface area contributed by atoms with Crippen LogP contribution in [0.5, 0.6) is 0 Å². The highest BCUT2D eigenvalue weighted by atomic mass is 15.2. The lowest BCUT2D eigenvalue weighted by Crippen LogP contribution is -2.19. The molecule has 11 aromatic carbocycles. The molecule has 0 spiro atoms. The van der Waals surface area contributed by atoms with Crippen molar-refractivity contribution in [2.45, 2.75) is 12.5 Å². The second-order valence-corrected chi connectivity index (χ2v) is 18.2. The Labute approximate surface area is 408 Å². The molecule has 0 saturated heterocycles. The van der Waals surface area contributed by atoms with Crippen molar-refractivity contribution < 1.29 is 0 Å². The fourth-order valence-corrected chi connectivity index (χ4v) is 10.7. The van der Waals surface area contributed by atoms with E-state index in [1.807, 2.05) is 0 Å². The van der Waals surface area contributed by atoms with E-state index in [0.29, 0.717) is 0 Å². The van der Waals surface area contributed by atoms with Crippen LogP contribution in [0.25, 0.3) is 49.4 Å². The van der Waals surface area contributed by atoms with E-state index in [1.54, 1.807) is 0 Å². The zero-order valence-electron chi connectivity index (χ0n) is 38.6. The molecule has 0 radical (unpaired) electrons. The maximum Gasteiger partial charge on any atom is 0.0632 e. The highest BCUT2D eigenvalue weighted by molar-refractivity contribution is 5.96. The summed E-state index contributed by atoms with van der Waals surface area (Å²) in [5.74, 6) is 0. The van der Waals surface area contributed by atoms with Gasteiger partial charge in [0.15, 0.2) is 0 Å². The molecule has 1 aliphatic rings. The molecule has 0 bridgehead atoms. The molecular formula is C66H48N4. The zero-order valence-corrected chi connectivity index (χ0v) is 38.6. The Hall–Kier alpha value is -9.12. The van der Waals surface area contributed by atoms with Gasteiger partial charge in [-0.05, 0) is 160 Å². The third-order valence-corrected chi connectivity index (χ3v) is 14.0. The molecule has 2 heterocycles. The minimum atomic E-state index is 0.125. The average molecular weight is 897 g/mol. The number of benzene rings is 11. The van der Waals surface area contributed by atoms with E-state index in [9.17, 15) is 0 Å². The second-order valence-electron chi connectivity index (χ2n) is 18.2. The van der Waals surface area contributed by atoms with Crippen molar-refractivity contribution in [3.8, 4) is 16.9 Å². The van der Waals surface area contributed by atoms with Gasteiger partial charge in [0, 0.05) is 56.6 Å². The number of nitrogens with zero attached hydrogens (tertiary/aromatic N) is 4. The molecule has 0 fully saturated rings. The molecule has 1 atom stereocenters. The fraction of sp³-hybridized carbons (Fsp3) is 0.0303. The van der Waals surface area contributed by atoms with Gasteiger partial charge in [-0.15, -0.1) is 0 Å². The first kappa shape index (κ1) is 41.1. The summed E-state index contributed by atoms with van der Waals surface area (Å²) in [6, 6.07) is 99.4. The molecule has 0 amide bonds. The Balaban J connectivity index is 0.916. The third-order valence-electron chi connectivity index (χ3n) is 14.0. The number of para-hydroxylation sites is 2. The van der Waals surface area contributed by atoms with Crippen molar-refractivity contribution in [2.75, 3.05) is 14.7 Å². The van der Waals surface area contributed by atoms with Crippen LogP contribution in [-0.2, 0) is 6.42 Å². The maximum atomic E-state index is 2.57. The first-order chi connectivity index (χ1) is 34.7. The summed E-state index contributed by atoms with van der Waals surface area (Å²) in [5, 5.41) is 6.10. The van der Waals surface area contributed by atoms with E-state index < -0.39 is 0 Å². The molecule has 70 heavy (non-hydrogen) atoms. The van der Waals surface area contributed by atoms with Gasteiger partial charge in [0.2, 0.25) is 0 Å². The van der Waals surface area contributed by atoms with Crippen LogP contribution in [0, 0.1) is 0 Å². The predicted octanol–water partition coefficient (Wildman–Crippen LogP) is 18.0. The van der Waals surface area contributed by atoms with Crippen LogP contribution in [0.2, 0.25) is 0 Å². The minimum absolute atomic E-state index is 0.125. The largest absolute Gasteiger partial charge is 0.333 e. The minimum Gasteiger partial charge on any atom is -0.333 e. The van der Waals surface area contributed by atoms with Crippen LogP contribution in [0.4, 0.5) is 45.5 Å². The first-order valence-corrected chi connectivity index (χ1v) is 24.2. The Morgan fingerprint density at radius 1 is 0.329 bits per heavy atom. The van der Waals surface area contributed by atoms with E-state index in [2.05, 4.69) is 292 Å². The summed E-state index contributed by atoms with van der Waals surface area (Å²) in [4.78, 5) is 7.27. The van der Waals surface area contributed by atoms with Crippen molar-refractivity contribution in [3.63, 3.8) is 0 Å². The summed E-state index contributed by atoms with van der Waals surface area (Å²) in [7, 11) is 0. The van der Waals surface area contributed by atoms with Crippen molar-refractivity contribution in [1.82, 2.24) is 4.57 Å². The van der Waals surface area contributed by atoms with E-state index in [1.165, 1.54) is 54.8 Å². The number of hydrogen-bond acceptors (Lipinski definition) is 3. The molecule has 4 heteroatoms. The number of aromatic nitrogens is 1. The Morgan fingerprint density at radius 3 is 1.31 bits per heavy atom. The maximum absolute atomic E-state index is 2.57. The molecule has 0 saturated carbocycles. The molecule has 332 valence electrons. The molecular weight excluding hydrogens is 849 g/mol. The molecule has 1 aliphatic heterocycles. The van der Waals surface area contributed by atoms with Crippen molar-refractivity contribution in [1.29, 1.82) is 0 Å². The molecule has 1 unspecified atom stereocenters. The SMILES string of the molecule is c1ccc(-c2cc3cc4c(cc3n2-c2ccc(N(c3ccccc3)c3ccc5ccccc5c3)cc2)CC(c2ccccc2)N4c2ccc(N(c3ccccc3)c3ccc4ccccc4c3)cc2)cc1. The topological polar surface area (TPSA) is 14.7 Å². The normalized spacial score (nSPS) is 13.2. The molecule has 12 aromatic rings. The lowest BCUT2D eigenvalue weighted by molar-refractivity contribution is 0.743. The molecule has 0 N–H and O–H groups in total. The van der Waals surface area contributed by atoms with Gasteiger partial charge in [0.05, 0.1) is 17.3 Å². The van der Waals surface area contributed by atoms with E-state index in [-0.39, 0.29) is 6.04 Å². The molecule has 4 nitrogen and oxygen atoms in total. The average Bonchev–Trinajstić information content (AvgIpc) is 4.00. The summed E-state index contributed by atoms with van der Waals surface area (Å²) in [5.41, 5.74) is 16.4. The monoisotopic (exact) mass is 896 g/mol. The summed E-state index contributed by atoms with van der Waals surface area (Å²) >= 11 is 0. The highest BCUT2D eigenvalue weighted by Gasteiger charge is 2.33. The molecule has 1 aromatic heterocycles. The first-order valence-electron chi connectivity index (χ1n) is 24.2. The van der Waals surface area contributed by atoms with E-state index >= 15 is 0 Å². The third kappa shape index (κ3) is 7.44. The van der Waals surface area contributed by atoms with Gasteiger partial charge < -0.3 is 19.3 Å². The van der Waals surface area contributed by atoms with E-state index in [0.717, 1.165) is 57.6 Å². The smallest absolute Gasteiger partial charge is 0.0632 e. The summed E-state index contributed by atoms with van der Waals surface area (Å²) in [6.45, 7) is 0. The van der Waals surface area contributed by atoms with Crippen LogP contribution in [0.1, 0.15) is 17.2 Å².